The Morgan fingerprint density at radius 1 is 1.06 bits per heavy atom. The molecule has 1 amide bonds. The van der Waals surface area contributed by atoms with Crippen LogP contribution in [0.1, 0.15) is 23.1 Å². The normalized spacial score (nSPS) is 10.7. The Hall–Kier alpha value is -4.47. The van der Waals surface area contributed by atoms with E-state index in [1.807, 2.05) is 13.0 Å². The summed E-state index contributed by atoms with van der Waals surface area (Å²) in [5.74, 6) is 1.51. The number of H-pyrrole nitrogens is 1. The van der Waals surface area contributed by atoms with Gasteiger partial charge < -0.3 is 24.7 Å². The van der Waals surface area contributed by atoms with Crippen molar-refractivity contribution in [2.75, 3.05) is 26.1 Å². The van der Waals surface area contributed by atoms with E-state index in [2.05, 4.69) is 25.3 Å². The molecule has 10 heteroatoms. The minimum Gasteiger partial charge on any atom is -0.493 e. The lowest BCUT2D eigenvalue weighted by atomic mass is 10.1. The number of hydrogen-bond donors (Lipinski definition) is 2. The number of ether oxygens (including phenoxy) is 2. The van der Waals surface area contributed by atoms with Gasteiger partial charge in [-0.05, 0) is 37.3 Å². The summed E-state index contributed by atoms with van der Waals surface area (Å²) in [6.07, 6.45) is 3.26. The lowest BCUT2D eigenvalue weighted by Gasteiger charge is -2.21. The predicted octanol–water partition coefficient (Wildman–Crippen LogP) is 3.14. The molecule has 0 aliphatic carbocycles. The molecule has 0 spiro atoms. The molecule has 0 aliphatic heterocycles. The molecule has 0 radical (unpaired) electrons. The lowest BCUT2D eigenvalue weighted by Crippen LogP contribution is -2.32. The smallest absolute Gasteiger partial charge is 0.258 e. The fourth-order valence-corrected chi connectivity index (χ4v) is 3.50. The van der Waals surface area contributed by atoms with E-state index < -0.39 is 0 Å². The number of fused-ring (bicyclic) bond motifs is 1. The number of nitrogens with zero attached hydrogens (tertiary/aromatic N) is 4. The average Bonchev–Trinajstić information content (AvgIpc) is 2.87. The van der Waals surface area contributed by atoms with Gasteiger partial charge in [0, 0.05) is 36.3 Å². The van der Waals surface area contributed by atoms with Crippen molar-refractivity contribution in [2.45, 2.75) is 13.5 Å². The summed E-state index contributed by atoms with van der Waals surface area (Å²) in [7, 11) is 3.02. The minimum atomic E-state index is -0.321. The van der Waals surface area contributed by atoms with Crippen molar-refractivity contribution in [3.05, 3.63) is 76.6 Å². The first-order valence-corrected chi connectivity index (χ1v) is 10.6. The maximum atomic E-state index is 13.2. The molecule has 0 bridgehead atoms. The Morgan fingerprint density at radius 2 is 1.79 bits per heavy atom. The largest absolute Gasteiger partial charge is 0.493 e. The maximum absolute atomic E-state index is 13.2. The van der Waals surface area contributed by atoms with Gasteiger partial charge in [-0.2, -0.15) is 0 Å². The molecule has 2 aromatic heterocycles. The number of anilines is 2. The molecule has 10 nitrogen and oxygen atoms in total. The zero-order chi connectivity index (χ0) is 24.1. The predicted molar refractivity (Wildman–Crippen MR) is 128 cm³/mol. The van der Waals surface area contributed by atoms with E-state index in [0.717, 1.165) is 0 Å². The van der Waals surface area contributed by atoms with Crippen LogP contribution in [0.15, 0.2) is 59.7 Å². The molecule has 0 atom stereocenters. The second-order valence-electron chi connectivity index (χ2n) is 7.33. The van der Waals surface area contributed by atoms with Gasteiger partial charge in [-0.15, -0.1) is 0 Å². The summed E-state index contributed by atoms with van der Waals surface area (Å²) in [6, 6.07) is 12.0. The second-order valence-corrected chi connectivity index (χ2v) is 7.33. The zero-order valence-electron chi connectivity index (χ0n) is 19.0. The van der Waals surface area contributed by atoms with Gasteiger partial charge in [0.05, 0.1) is 31.7 Å². The maximum Gasteiger partial charge on any atom is 0.258 e. The van der Waals surface area contributed by atoms with Crippen LogP contribution in [0.3, 0.4) is 0 Å². The summed E-state index contributed by atoms with van der Waals surface area (Å²) in [6.45, 7) is 2.42. The average molecular weight is 460 g/mol. The number of amides is 1. The first-order valence-electron chi connectivity index (χ1n) is 10.6. The van der Waals surface area contributed by atoms with Crippen molar-refractivity contribution in [2.24, 2.45) is 0 Å². The third kappa shape index (κ3) is 4.80. The van der Waals surface area contributed by atoms with Gasteiger partial charge in [0.2, 0.25) is 5.95 Å². The molecule has 0 saturated carbocycles. The molecule has 2 N–H and O–H groups in total. The molecule has 4 rings (SSSR count). The summed E-state index contributed by atoms with van der Waals surface area (Å²) < 4.78 is 10.6. The van der Waals surface area contributed by atoms with Crippen LogP contribution >= 0.6 is 0 Å². The summed E-state index contributed by atoms with van der Waals surface area (Å²) in [5, 5.41) is 3.45. The molecule has 34 heavy (non-hydrogen) atoms. The van der Waals surface area contributed by atoms with Gasteiger partial charge in [0.1, 0.15) is 5.82 Å². The van der Waals surface area contributed by atoms with Crippen LogP contribution in [0.5, 0.6) is 11.5 Å². The van der Waals surface area contributed by atoms with Crippen molar-refractivity contribution in [3.63, 3.8) is 0 Å². The molecular formula is C24H24N6O4. The van der Waals surface area contributed by atoms with Gasteiger partial charge in [-0.3, -0.25) is 9.59 Å². The number of hydrogen-bond acceptors (Lipinski definition) is 8. The molecule has 0 saturated heterocycles. The molecule has 4 aromatic rings. The Kier molecular flexibility index (Phi) is 6.67. The Bertz CT molecular complexity index is 1370. The molecule has 174 valence electrons. The van der Waals surface area contributed by atoms with E-state index in [-0.39, 0.29) is 18.0 Å². The van der Waals surface area contributed by atoms with E-state index in [4.69, 9.17) is 9.47 Å². The Morgan fingerprint density at radius 3 is 2.50 bits per heavy atom. The van der Waals surface area contributed by atoms with Crippen molar-refractivity contribution in [3.8, 4) is 11.5 Å². The minimum absolute atomic E-state index is 0.133. The highest BCUT2D eigenvalue weighted by Crippen LogP contribution is 2.30. The lowest BCUT2D eigenvalue weighted by molar-refractivity contribution is 0.0748. The number of carbonyl (C=O) groups excluding carboxylic acids is 1. The number of aromatic nitrogens is 4. The van der Waals surface area contributed by atoms with Crippen LogP contribution in [-0.2, 0) is 6.54 Å². The quantitative estimate of drug-likeness (QED) is 0.411. The van der Waals surface area contributed by atoms with Gasteiger partial charge in [0.15, 0.2) is 11.5 Å². The number of carbonyl (C=O) groups is 1. The van der Waals surface area contributed by atoms with Gasteiger partial charge in [0.25, 0.3) is 11.5 Å². The fourth-order valence-electron chi connectivity index (χ4n) is 3.50. The van der Waals surface area contributed by atoms with Gasteiger partial charge >= 0.3 is 0 Å². The third-order valence-corrected chi connectivity index (χ3v) is 5.20. The highest BCUT2D eigenvalue weighted by atomic mass is 16.5. The molecule has 2 aromatic carbocycles. The van der Waals surface area contributed by atoms with E-state index in [0.29, 0.717) is 52.0 Å². The summed E-state index contributed by atoms with van der Waals surface area (Å²) >= 11 is 0. The van der Waals surface area contributed by atoms with E-state index in [1.165, 1.54) is 14.2 Å². The zero-order valence-corrected chi connectivity index (χ0v) is 19.0. The van der Waals surface area contributed by atoms with Crippen molar-refractivity contribution in [1.82, 2.24) is 24.8 Å². The van der Waals surface area contributed by atoms with Crippen LogP contribution in [0.4, 0.5) is 11.6 Å². The highest BCUT2D eigenvalue weighted by molar-refractivity contribution is 5.95. The van der Waals surface area contributed by atoms with Crippen LogP contribution in [-0.4, -0.2) is 51.5 Å². The second kappa shape index (κ2) is 9.99. The number of aromatic amines is 1. The van der Waals surface area contributed by atoms with Crippen LogP contribution < -0.4 is 20.3 Å². The Labute approximate surface area is 195 Å². The molecular weight excluding hydrogens is 436 g/mol. The van der Waals surface area contributed by atoms with E-state index in [9.17, 15) is 9.59 Å². The van der Waals surface area contributed by atoms with Crippen molar-refractivity contribution >= 4 is 28.4 Å². The summed E-state index contributed by atoms with van der Waals surface area (Å²) in [5.41, 5.74) is 1.30. The monoisotopic (exact) mass is 460 g/mol. The highest BCUT2D eigenvalue weighted by Gasteiger charge is 2.18. The van der Waals surface area contributed by atoms with Gasteiger partial charge in [-0.25, -0.2) is 15.0 Å². The van der Waals surface area contributed by atoms with E-state index in [1.54, 1.807) is 53.7 Å². The molecule has 0 unspecified atom stereocenters. The number of benzene rings is 2. The van der Waals surface area contributed by atoms with Gasteiger partial charge in [-0.1, -0.05) is 6.07 Å². The van der Waals surface area contributed by atoms with Crippen LogP contribution in [0.25, 0.3) is 10.9 Å². The SMILES string of the molecule is CCN(Cc1nc2cc(OC)c(OC)cc2c(=O)[nH]1)C(=O)c1cccc(Nc2ncccn2)c1. The topological polar surface area (TPSA) is 122 Å². The number of nitrogens with one attached hydrogen (secondary N) is 2. The van der Waals surface area contributed by atoms with Crippen molar-refractivity contribution in [1.29, 1.82) is 0 Å². The molecule has 0 aliphatic rings. The standard InChI is InChI=1S/C24H24N6O4/c1-4-30(23(32)15-7-5-8-16(11-15)27-24-25-9-6-10-26-24)14-21-28-18-13-20(34-3)19(33-2)12-17(18)22(31)29-21/h5-13H,4,14H2,1-3H3,(H,25,26,27)(H,28,29,31). The number of rotatable bonds is 8. The first kappa shape index (κ1) is 22.7. The fraction of sp³-hybridized carbons (Fsp3) is 0.208. The third-order valence-electron chi connectivity index (χ3n) is 5.20. The first-order chi connectivity index (χ1) is 16.5. The van der Waals surface area contributed by atoms with E-state index >= 15 is 0 Å². The number of methoxy groups -OCH3 is 2. The molecule has 0 fully saturated rings. The summed E-state index contributed by atoms with van der Waals surface area (Å²) in [4.78, 5) is 43.1. The Balaban J connectivity index is 1.59. The van der Waals surface area contributed by atoms with Crippen molar-refractivity contribution < 1.29 is 14.3 Å². The van der Waals surface area contributed by atoms with Crippen LogP contribution in [0, 0.1) is 0 Å². The van der Waals surface area contributed by atoms with Crippen LogP contribution in [0.2, 0.25) is 0 Å². The molecule has 2 heterocycles.